The van der Waals surface area contributed by atoms with Gasteiger partial charge in [-0.05, 0) is 6.42 Å². The SMILES string of the molecule is O=C(O)C1CC2OC2(Cl)CC1C(=O)O. The lowest BCUT2D eigenvalue weighted by atomic mass is 9.79. The first-order valence-corrected chi connectivity index (χ1v) is 4.64. The molecule has 1 aliphatic heterocycles. The van der Waals surface area contributed by atoms with E-state index in [-0.39, 0.29) is 18.9 Å². The van der Waals surface area contributed by atoms with Crippen molar-refractivity contribution in [3.05, 3.63) is 0 Å². The molecule has 0 radical (unpaired) electrons. The van der Waals surface area contributed by atoms with Crippen molar-refractivity contribution < 1.29 is 24.5 Å². The summed E-state index contributed by atoms with van der Waals surface area (Å²) in [5.41, 5.74) is 0. The summed E-state index contributed by atoms with van der Waals surface area (Å²) in [6, 6.07) is 0. The average molecular weight is 221 g/mol. The number of epoxide rings is 1. The molecule has 1 aliphatic carbocycles. The standard InChI is InChI=1S/C8H9ClO5/c9-8-2-4(7(12)13)3(6(10)11)1-5(8)14-8/h3-5H,1-2H2,(H,10,11)(H,12,13). The van der Waals surface area contributed by atoms with E-state index in [2.05, 4.69) is 0 Å². The predicted octanol–water partition coefficient (Wildman–Crippen LogP) is 0.516. The fraction of sp³-hybridized carbons (Fsp3) is 0.750. The summed E-state index contributed by atoms with van der Waals surface area (Å²) in [4.78, 5) is 21.6. The number of hydrogen-bond acceptors (Lipinski definition) is 3. The number of aliphatic carboxylic acids is 2. The molecule has 4 atom stereocenters. The highest BCUT2D eigenvalue weighted by Crippen LogP contribution is 2.54. The van der Waals surface area contributed by atoms with Gasteiger partial charge in [-0.3, -0.25) is 9.59 Å². The third kappa shape index (κ3) is 1.36. The van der Waals surface area contributed by atoms with E-state index in [4.69, 9.17) is 26.6 Å². The van der Waals surface area contributed by atoms with Crippen LogP contribution in [0.2, 0.25) is 0 Å². The summed E-state index contributed by atoms with van der Waals surface area (Å²) < 4.78 is 5.06. The van der Waals surface area contributed by atoms with Crippen LogP contribution in [-0.2, 0) is 14.3 Å². The van der Waals surface area contributed by atoms with Crippen molar-refractivity contribution in [2.24, 2.45) is 11.8 Å². The van der Waals surface area contributed by atoms with Crippen LogP contribution in [0.5, 0.6) is 0 Å². The van der Waals surface area contributed by atoms with Crippen molar-refractivity contribution in [2.75, 3.05) is 0 Å². The Morgan fingerprint density at radius 2 is 1.86 bits per heavy atom. The lowest BCUT2D eigenvalue weighted by Crippen LogP contribution is -2.38. The summed E-state index contributed by atoms with van der Waals surface area (Å²) in [5, 5.41) is 16.7. The van der Waals surface area contributed by atoms with E-state index in [9.17, 15) is 9.59 Å². The number of rotatable bonds is 2. The minimum atomic E-state index is -1.12. The molecule has 2 N–H and O–H groups in total. The Morgan fingerprint density at radius 1 is 1.29 bits per heavy atom. The third-order valence-corrected chi connectivity index (χ3v) is 3.33. The predicted molar refractivity (Wildman–Crippen MR) is 44.9 cm³/mol. The van der Waals surface area contributed by atoms with Gasteiger partial charge in [-0.25, -0.2) is 0 Å². The second kappa shape index (κ2) is 2.84. The molecule has 0 spiro atoms. The fourth-order valence-electron chi connectivity index (χ4n) is 1.98. The van der Waals surface area contributed by atoms with Crippen LogP contribution in [0.15, 0.2) is 0 Å². The lowest BCUT2D eigenvalue weighted by Gasteiger charge is -2.24. The monoisotopic (exact) mass is 220 g/mol. The van der Waals surface area contributed by atoms with Gasteiger partial charge in [0.25, 0.3) is 0 Å². The summed E-state index contributed by atoms with van der Waals surface area (Å²) in [6.45, 7) is 0. The van der Waals surface area contributed by atoms with Gasteiger partial charge in [-0.1, -0.05) is 11.6 Å². The first-order valence-electron chi connectivity index (χ1n) is 4.26. The van der Waals surface area contributed by atoms with Gasteiger partial charge < -0.3 is 14.9 Å². The Hall–Kier alpha value is -0.810. The number of carbonyl (C=O) groups is 2. The van der Waals surface area contributed by atoms with Crippen LogP contribution in [-0.4, -0.2) is 33.3 Å². The minimum absolute atomic E-state index is 0.0749. The number of ether oxygens (including phenoxy) is 1. The normalized spacial score (nSPS) is 45.4. The Labute approximate surface area is 84.6 Å². The highest BCUT2D eigenvalue weighted by Gasteiger charge is 2.63. The number of fused-ring (bicyclic) bond motifs is 1. The van der Waals surface area contributed by atoms with E-state index in [0.717, 1.165) is 0 Å². The number of alkyl halides is 1. The molecule has 6 heteroatoms. The Bertz CT molecular complexity index is 304. The number of hydrogen-bond donors (Lipinski definition) is 2. The molecule has 2 rings (SSSR count). The van der Waals surface area contributed by atoms with Crippen molar-refractivity contribution in [3.8, 4) is 0 Å². The molecular weight excluding hydrogens is 212 g/mol. The smallest absolute Gasteiger partial charge is 0.307 e. The van der Waals surface area contributed by atoms with Crippen LogP contribution in [0, 0.1) is 11.8 Å². The second-order valence-corrected chi connectivity index (χ2v) is 4.36. The zero-order chi connectivity index (χ0) is 10.5. The molecule has 78 valence electrons. The largest absolute Gasteiger partial charge is 0.481 e. The van der Waals surface area contributed by atoms with Gasteiger partial charge in [-0.15, -0.1) is 0 Å². The molecule has 2 aliphatic rings. The van der Waals surface area contributed by atoms with E-state index in [1.807, 2.05) is 0 Å². The van der Waals surface area contributed by atoms with Crippen molar-refractivity contribution in [2.45, 2.75) is 24.0 Å². The second-order valence-electron chi connectivity index (χ2n) is 3.72. The minimum Gasteiger partial charge on any atom is -0.481 e. The lowest BCUT2D eigenvalue weighted by molar-refractivity contribution is -0.155. The van der Waals surface area contributed by atoms with Crippen LogP contribution in [0.1, 0.15) is 12.8 Å². The quantitative estimate of drug-likeness (QED) is 0.523. The Morgan fingerprint density at radius 3 is 2.36 bits per heavy atom. The molecule has 1 saturated heterocycles. The maximum Gasteiger partial charge on any atom is 0.307 e. The fourth-order valence-corrected chi connectivity index (χ4v) is 2.34. The van der Waals surface area contributed by atoms with E-state index >= 15 is 0 Å². The first kappa shape index (κ1) is 9.73. The molecule has 0 aromatic carbocycles. The average Bonchev–Trinajstić information content (AvgIpc) is 2.72. The van der Waals surface area contributed by atoms with Gasteiger partial charge in [0.1, 0.15) is 6.10 Å². The van der Waals surface area contributed by atoms with E-state index < -0.39 is 28.8 Å². The highest BCUT2D eigenvalue weighted by atomic mass is 35.5. The van der Waals surface area contributed by atoms with Crippen molar-refractivity contribution in [3.63, 3.8) is 0 Å². The topological polar surface area (TPSA) is 87.1 Å². The molecule has 1 saturated carbocycles. The number of carboxylic acids is 2. The van der Waals surface area contributed by atoms with Gasteiger partial charge in [0.15, 0.2) is 5.06 Å². The van der Waals surface area contributed by atoms with Gasteiger partial charge in [0.2, 0.25) is 0 Å². The molecule has 14 heavy (non-hydrogen) atoms. The third-order valence-electron chi connectivity index (χ3n) is 2.85. The summed E-state index contributed by atoms with van der Waals surface area (Å²) in [5.74, 6) is -4.03. The number of halogens is 1. The van der Waals surface area contributed by atoms with E-state index in [1.54, 1.807) is 0 Å². The maximum absolute atomic E-state index is 10.8. The summed E-state index contributed by atoms with van der Waals surface area (Å²) in [7, 11) is 0. The van der Waals surface area contributed by atoms with Gasteiger partial charge >= 0.3 is 11.9 Å². The summed E-state index contributed by atoms with van der Waals surface area (Å²) in [6.07, 6.45) is -0.0257. The van der Waals surface area contributed by atoms with Crippen LogP contribution in [0.4, 0.5) is 0 Å². The Balaban J connectivity index is 2.17. The van der Waals surface area contributed by atoms with Gasteiger partial charge in [0, 0.05) is 6.42 Å². The zero-order valence-corrected chi connectivity index (χ0v) is 7.90. The zero-order valence-electron chi connectivity index (χ0n) is 7.14. The van der Waals surface area contributed by atoms with Crippen LogP contribution in [0.3, 0.4) is 0 Å². The van der Waals surface area contributed by atoms with Crippen molar-refractivity contribution >= 4 is 23.5 Å². The van der Waals surface area contributed by atoms with E-state index in [1.165, 1.54) is 0 Å². The first-order chi connectivity index (χ1) is 6.44. The molecule has 2 fully saturated rings. The van der Waals surface area contributed by atoms with Crippen molar-refractivity contribution in [1.29, 1.82) is 0 Å². The molecular formula is C8H9ClO5. The van der Waals surface area contributed by atoms with Crippen LogP contribution >= 0.6 is 11.6 Å². The molecule has 0 aromatic heterocycles. The van der Waals surface area contributed by atoms with Crippen LogP contribution < -0.4 is 0 Å². The molecule has 0 amide bonds. The van der Waals surface area contributed by atoms with Gasteiger partial charge in [-0.2, -0.15) is 0 Å². The number of carboxylic acid groups (broad SMARTS) is 2. The highest BCUT2D eigenvalue weighted by molar-refractivity contribution is 6.25. The Kier molecular flexibility index (Phi) is 1.97. The molecule has 4 unspecified atom stereocenters. The van der Waals surface area contributed by atoms with Crippen molar-refractivity contribution in [1.82, 2.24) is 0 Å². The molecule has 1 heterocycles. The molecule has 0 aromatic rings. The molecule has 0 bridgehead atoms. The van der Waals surface area contributed by atoms with Gasteiger partial charge in [0.05, 0.1) is 11.8 Å². The summed E-state index contributed by atoms with van der Waals surface area (Å²) >= 11 is 5.88. The van der Waals surface area contributed by atoms with Crippen LogP contribution in [0.25, 0.3) is 0 Å². The maximum atomic E-state index is 10.8. The van der Waals surface area contributed by atoms with E-state index in [0.29, 0.717) is 0 Å². The molecule has 5 nitrogen and oxygen atoms in total.